The van der Waals surface area contributed by atoms with Crippen LogP contribution in [0.25, 0.3) is 0 Å². The Morgan fingerprint density at radius 3 is 2.73 bits per heavy atom. The molecule has 0 aliphatic heterocycles. The zero-order valence-electron chi connectivity index (χ0n) is 10.6. The summed E-state index contributed by atoms with van der Waals surface area (Å²) in [5.74, 6) is 1.78. The molecule has 1 fully saturated rings. The van der Waals surface area contributed by atoms with Crippen molar-refractivity contribution in [3.8, 4) is 0 Å². The van der Waals surface area contributed by atoms with Crippen molar-refractivity contribution in [2.24, 2.45) is 11.8 Å². The molecule has 0 spiro atoms. The van der Waals surface area contributed by atoms with Crippen LogP contribution in [0.2, 0.25) is 0 Å². The van der Waals surface area contributed by atoms with E-state index in [1.165, 1.54) is 32.1 Å². The van der Waals surface area contributed by atoms with E-state index in [1.807, 2.05) is 0 Å². The molecule has 1 saturated carbocycles. The van der Waals surface area contributed by atoms with Crippen LogP contribution in [-0.2, 0) is 4.74 Å². The van der Waals surface area contributed by atoms with Gasteiger partial charge in [0.05, 0.1) is 0 Å². The summed E-state index contributed by atoms with van der Waals surface area (Å²) in [4.78, 5) is 0. The molecule has 0 radical (unpaired) electrons. The van der Waals surface area contributed by atoms with E-state index in [9.17, 15) is 0 Å². The minimum Gasteiger partial charge on any atom is -0.385 e. The zero-order chi connectivity index (χ0) is 11.1. The van der Waals surface area contributed by atoms with Gasteiger partial charge in [0.1, 0.15) is 0 Å². The van der Waals surface area contributed by atoms with Gasteiger partial charge in [0.15, 0.2) is 0 Å². The minimum atomic E-state index is 0.760. The van der Waals surface area contributed by atoms with Crippen molar-refractivity contribution in [1.82, 2.24) is 5.32 Å². The van der Waals surface area contributed by atoms with Gasteiger partial charge in [-0.15, -0.1) is 0 Å². The predicted octanol–water partition coefficient (Wildman–Crippen LogP) is 2.83. The Labute approximate surface area is 94.8 Å². The van der Waals surface area contributed by atoms with Gasteiger partial charge in [-0.25, -0.2) is 0 Å². The third-order valence-corrected chi connectivity index (χ3v) is 3.64. The first-order valence-corrected chi connectivity index (χ1v) is 6.46. The van der Waals surface area contributed by atoms with Crippen molar-refractivity contribution in [2.75, 3.05) is 20.3 Å². The molecule has 1 aliphatic carbocycles. The summed E-state index contributed by atoms with van der Waals surface area (Å²) in [6, 6.07) is 0.760. The van der Waals surface area contributed by atoms with Crippen LogP contribution < -0.4 is 5.32 Å². The maximum absolute atomic E-state index is 5.04. The Morgan fingerprint density at radius 2 is 2.00 bits per heavy atom. The molecule has 0 aromatic rings. The highest BCUT2D eigenvalue weighted by Gasteiger charge is 2.24. The third-order valence-electron chi connectivity index (χ3n) is 3.64. The lowest BCUT2D eigenvalue weighted by atomic mass is 9.80. The molecule has 2 heteroatoms. The number of hydrogen-bond donors (Lipinski definition) is 1. The molecule has 1 rings (SSSR count). The Morgan fingerprint density at radius 1 is 1.20 bits per heavy atom. The normalized spacial score (nSPS) is 31.8. The number of nitrogens with one attached hydrogen (secondary N) is 1. The number of rotatable bonds is 6. The molecule has 0 amide bonds. The second kappa shape index (κ2) is 7.24. The highest BCUT2D eigenvalue weighted by molar-refractivity contribution is 4.81. The second-order valence-electron chi connectivity index (χ2n) is 5.16. The van der Waals surface area contributed by atoms with Gasteiger partial charge in [-0.2, -0.15) is 0 Å². The fourth-order valence-electron chi connectivity index (χ4n) is 2.48. The summed E-state index contributed by atoms with van der Waals surface area (Å²) in [6.07, 6.45) is 6.61. The minimum absolute atomic E-state index is 0.760. The highest BCUT2D eigenvalue weighted by atomic mass is 16.5. The van der Waals surface area contributed by atoms with Crippen LogP contribution >= 0.6 is 0 Å². The van der Waals surface area contributed by atoms with Gasteiger partial charge in [-0.05, 0) is 44.1 Å². The molecule has 90 valence electrons. The van der Waals surface area contributed by atoms with Crippen molar-refractivity contribution in [2.45, 2.75) is 52.0 Å². The van der Waals surface area contributed by atoms with E-state index in [4.69, 9.17) is 4.74 Å². The number of methoxy groups -OCH3 is 1. The molecule has 0 aromatic heterocycles. The summed E-state index contributed by atoms with van der Waals surface area (Å²) < 4.78 is 5.04. The van der Waals surface area contributed by atoms with Gasteiger partial charge in [0, 0.05) is 19.8 Å². The van der Waals surface area contributed by atoms with Crippen LogP contribution in [0.3, 0.4) is 0 Å². The maximum atomic E-state index is 5.04. The number of ether oxygens (including phenoxy) is 1. The van der Waals surface area contributed by atoms with E-state index in [1.54, 1.807) is 7.11 Å². The van der Waals surface area contributed by atoms with Crippen molar-refractivity contribution >= 4 is 0 Å². The lowest BCUT2D eigenvalue weighted by Crippen LogP contribution is -2.39. The first kappa shape index (κ1) is 13.0. The summed E-state index contributed by atoms with van der Waals surface area (Å²) >= 11 is 0. The Kier molecular flexibility index (Phi) is 6.26. The van der Waals surface area contributed by atoms with Gasteiger partial charge in [0.2, 0.25) is 0 Å². The van der Waals surface area contributed by atoms with Crippen molar-refractivity contribution < 1.29 is 4.74 Å². The summed E-state index contributed by atoms with van der Waals surface area (Å²) in [6.45, 7) is 6.83. The number of unbranched alkanes of at least 4 members (excludes halogenated alkanes) is 1. The quantitative estimate of drug-likeness (QED) is 0.685. The molecule has 3 atom stereocenters. The molecular formula is C13H27NO. The van der Waals surface area contributed by atoms with Crippen LogP contribution in [0.4, 0.5) is 0 Å². The van der Waals surface area contributed by atoms with E-state index < -0.39 is 0 Å². The van der Waals surface area contributed by atoms with E-state index in [2.05, 4.69) is 19.2 Å². The highest BCUT2D eigenvalue weighted by Crippen LogP contribution is 2.28. The maximum Gasteiger partial charge on any atom is 0.0462 e. The molecule has 1 N–H and O–H groups in total. The topological polar surface area (TPSA) is 21.3 Å². The second-order valence-corrected chi connectivity index (χ2v) is 5.16. The summed E-state index contributed by atoms with van der Waals surface area (Å²) in [5.41, 5.74) is 0. The largest absolute Gasteiger partial charge is 0.385 e. The monoisotopic (exact) mass is 213 g/mol. The molecule has 2 nitrogen and oxygen atoms in total. The molecule has 0 bridgehead atoms. The molecule has 3 unspecified atom stereocenters. The van der Waals surface area contributed by atoms with Crippen molar-refractivity contribution in [3.05, 3.63) is 0 Å². The van der Waals surface area contributed by atoms with Crippen LogP contribution in [0.5, 0.6) is 0 Å². The van der Waals surface area contributed by atoms with Crippen LogP contribution in [0, 0.1) is 11.8 Å². The number of hydrogen-bond acceptors (Lipinski definition) is 2. The van der Waals surface area contributed by atoms with E-state index >= 15 is 0 Å². The standard InChI is InChI=1S/C13H27NO/c1-11-6-7-12(2)13(10-11)14-8-4-5-9-15-3/h11-14H,4-10H2,1-3H3. The zero-order valence-corrected chi connectivity index (χ0v) is 10.6. The fourth-order valence-corrected chi connectivity index (χ4v) is 2.48. The molecule has 15 heavy (non-hydrogen) atoms. The predicted molar refractivity (Wildman–Crippen MR) is 65.1 cm³/mol. The molecular weight excluding hydrogens is 186 g/mol. The van der Waals surface area contributed by atoms with Gasteiger partial charge >= 0.3 is 0 Å². The van der Waals surface area contributed by atoms with E-state index in [0.29, 0.717) is 0 Å². The lowest BCUT2D eigenvalue weighted by Gasteiger charge is -2.33. The Balaban J connectivity index is 2.08. The van der Waals surface area contributed by atoms with Crippen molar-refractivity contribution in [3.63, 3.8) is 0 Å². The average molecular weight is 213 g/mol. The van der Waals surface area contributed by atoms with Crippen LogP contribution in [0.1, 0.15) is 46.0 Å². The first-order valence-electron chi connectivity index (χ1n) is 6.46. The lowest BCUT2D eigenvalue weighted by molar-refractivity contribution is 0.188. The van der Waals surface area contributed by atoms with E-state index in [-0.39, 0.29) is 0 Å². The van der Waals surface area contributed by atoms with Gasteiger partial charge < -0.3 is 10.1 Å². The first-order chi connectivity index (χ1) is 7.24. The van der Waals surface area contributed by atoms with E-state index in [0.717, 1.165) is 31.0 Å². The van der Waals surface area contributed by atoms with Gasteiger partial charge in [0.25, 0.3) is 0 Å². The van der Waals surface area contributed by atoms with Gasteiger partial charge in [-0.1, -0.05) is 20.3 Å². The summed E-state index contributed by atoms with van der Waals surface area (Å²) in [5, 5.41) is 3.71. The fraction of sp³-hybridized carbons (Fsp3) is 1.00. The summed E-state index contributed by atoms with van der Waals surface area (Å²) in [7, 11) is 1.78. The average Bonchev–Trinajstić information content (AvgIpc) is 2.23. The van der Waals surface area contributed by atoms with Crippen LogP contribution in [-0.4, -0.2) is 26.3 Å². The molecule has 0 saturated heterocycles. The van der Waals surface area contributed by atoms with Gasteiger partial charge in [-0.3, -0.25) is 0 Å². The molecule has 0 heterocycles. The van der Waals surface area contributed by atoms with Crippen LogP contribution in [0.15, 0.2) is 0 Å². The Hall–Kier alpha value is -0.0800. The smallest absolute Gasteiger partial charge is 0.0462 e. The third kappa shape index (κ3) is 4.98. The molecule has 0 aromatic carbocycles. The Bertz CT molecular complexity index is 161. The molecule has 1 aliphatic rings. The SMILES string of the molecule is COCCCCNC1CC(C)CCC1C. The van der Waals surface area contributed by atoms with Crippen molar-refractivity contribution in [1.29, 1.82) is 0 Å².